The van der Waals surface area contributed by atoms with Crippen LogP contribution in [0.1, 0.15) is 27.0 Å². The average Bonchev–Trinajstić information content (AvgIpc) is 2.79. The minimum absolute atomic E-state index is 0.0752. The Morgan fingerprint density at radius 1 is 0.943 bits per heavy atom. The predicted molar refractivity (Wildman–Crippen MR) is 132 cm³/mol. The standard InChI is InChI=1S/C24H17Cl2F3N2O3S/c25-17-6-3-7-18(26)20(17)21(32)30-14-10-8-13(9-11-14)12-19(23(33)34)31-22(35)15-4-1-2-5-16(15)24(27,28)29/h1-11,19H,12H2,(H,30,32)(H,31,35)(H,33,34). The molecule has 182 valence electrons. The molecule has 0 radical (unpaired) electrons. The SMILES string of the molecule is O=C(Nc1ccc(CC(NC(=S)c2ccccc2C(F)(F)F)C(=O)O)cc1)c1c(Cl)cccc1Cl. The van der Waals surface area contributed by atoms with Gasteiger partial charge < -0.3 is 15.7 Å². The van der Waals surface area contributed by atoms with Crippen LogP contribution in [0.4, 0.5) is 18.9 Å². The van der Waals surface area contributed by atoms with E-state index in [0.717, 1.165) is 6.07 Å². The number of carboxylic acid groups (broad SMARTS) is 1. The van der Waals surface area contributed by atoms with Gasteiger partial charge >= 0.3 is 12.1 Å². The highest BCUT2D eigenvalue weighted by molar-refractivity contribution is 7.80. The second kappa shape index (κ2) is 11.1. The minimum Gasteiger partial charge on any atom is -0.480 e. The molecule has 0 bridgehead atoms. The summed E-state index contributed by atoms with van der Waals surface area (Å²) in [5.41, 5.74) is -0.199. The van der Waals surface area contributed by atoms with Crippen LogP contribution in [-0.2, 0) is 17.4 Å². The molecule has 11 heteroatoms. The minimum atomic E-state index is -4.64. The van der Waals surface area contributed by atoms with Crippen molar-refractivity contribution in [3.8, 4) is 0 Å². The fraction of sp³-hybridized carbons (Fsp3) is 0.125. The Bertz CT molecular complexity index is 1250. The van der Waals surface area contributed by atoms with Crippen LogP contribution >= 0.6 is 35.4 Å². The van der Waals surface area contributed by atoms with Crippen LogP contribution in [0.5, 0.6) is 0 Å². The first-order valence-corrected chi connectivity index (χ1v) is 11.2. The molecule has 0 fully saturated rings. The van der Waals surface area contributed by atoms with E-state index < -0.39 is 29.7 Å². The lowest BCUT2D eigenvalue weighted by Gasteiger charge is -2.19. The van der Waals surface area contributed by atoms with Crippen LogP contribution in [-0.4, -0.2) is 28.0 Å². The van der Waals surface area contributed by atoms with Gasteiger partial charge in [-0.1, -0.05) is 71.8 Å². The molecule has 0 aliphatic rings. The van der Waals surface area contributed by atoms with Gasteiger partial charge in [0.1, 0.15) is 11.0 Å². The molecule has 3 N–H and O–H groups in total. The molecule has 1 unspecified atom stereocenters. The second-order valence-corrected chi connectivity index (χ2v) is 8.58. The van der Waals surface area contributed by atoms with Gasteiger partial charge in [0, 0.05) is 17.7 Å². The van der Waals surface area contributed by atoms with Crippen molar-refractivity contribution in [3.63, 3.8) is 0 Å². The molecule has 0 saturated heterocycles. The summed E-state index contributed by atoms with van der Waals surface area (Å²) in [6.45, 7) is 0. The molecule has 0 aliphatic heterocycles. The van der Waals surface area contributed by atoms with Crippen molar-refractivity contribution in [1.29, 1.82) is 0 Å². The summed E-state index contributed by atoms with van der Waals surface area (Å²) in [6.07, 6.45) is -4.72. The highest BCUT2D eigenvalue weighted by Gasteiger charge is 2.34. The zero-order chi connectivity index (χ0) is 25.8. The average molecular weight is 541 g/mol. The van der Waals surface area contributed by atoms with Gasteiger partial charge in [-0.05, 0) is 35.9 Å². The van der Waals surface area contributed by atoms with Crippen molar-refractivity contribution in [3.05, 3.63) is 99.0 Å². The molecule has 0 heterocycles. The molecule has 1 amide bonds. The zero-order valence-corrected chi connectivity index (χ0v) is 20.0. The summed E-state index contributed by atoms with van der Waals surface area (Å²) in [7, 11) is 0. The molecular weight excluding hydrogens is 524 g/mol. The molecule has 0 saturated carbocycles. The summed E-state index contributed by atoms with van der Waals surface area (Å²) in [6, 6.07) is 14.3. The molecule has 35 heavy (non-hydrogen) atoms. The molecule has 3 rings (SSSR count). The maximum absolute atomic E-state index is 13.3. The number of hydrogen-bond acceptors (Lipinski definition) is 3. The van der Waals surface area contributed by atoms with Gasteiger partial charge in [0.05, 0.1) is 21.2 Å². The van der Waals surface area contributed by atoms with Crippen LogP contribution in [0.2, 0.25) is 10.0 Å². The van der Waals surface area contributed by atoms with Crippen LogP contribution in [0.3, 0.4) is 0 Å². The molecule has 3 aromatic rings. The lowest BCUT2D eigenvalue weighted by Crippen LogP contribution is -2.42. The largest absolute Gasteiger partial charge is 0.480 e. The van der Waals surface area contributed by atoms with Crippen LogP contribution in [0.25, 0.3) is 0 Å². The van der Waals surface area contributed by atoms with Gasteiger partial charge in [-0.15, -0.1) is 0 Å². The lowest BCUT2D eigenvalue weighted by atomic mass is 10.0. The molecule has 3 aromatic carbocycles. The highest BCUT2D eigenvalue weighted by atomic mass is 35.5. The molecular formula is C24H17Cl2F3N2O3S. The molecule has 0 spiro atoms. The number of anilines is 1. The number of hydrogen-bond donors (Lipinski definition) is 3. The number of carbonyl (C=O) groups is 2. The Kier molecular flexibility index (Phi) is 8.37. The Balaban J connectivity index is 1.71. The number of halogens is 5. The third kappa shape index (κ3) is 6.72. The predicted octanol–water partition coefficient (Wildman–Crippen LogP) is 6.23. The van der Waals surface area contributed by atoms with Crippen LogP contribution in [0.15, 0.2) is 66.7 Å². The fourth-order valence-electron chi connectivity index (χ4n) is 3.23. The highest BCUT2D eigenvalue weighted by Crippen LogP contribution is 2.32. The van der Waals surface area contributed by atoms with E-state index in [0.29, 0.717) is 11.3 Å². The van der Waals surface area contributed by atoms with E-state index >= 15 is 0 Å². The first-order valence-electron chi connectivity index (χ1n) is 10.0. The molecule has 5 nitrogen and oxygen atoms in total. The van der Waals surface area contributed by atoms with Crippen molar-refractivity contribution in [2.24, 2.45) is 0 Å². The number of aliphatic carboxylic acids is 1. The first-order chi connectivity index (χ1) is 16.5. The number of carboxylic acids is 1. The summed E-state index contributed by atoms with van der Waals surface area (Å²) in [5, 5.41) is 15.1. The fourth-order valence-corrected chi connectivity index (χ4v) is 4.12. The van der Waals surface area contributed by atoms with E-state index in [-0.39, 0.29) is 32.6 Å². The molecule has 1 atom stereocenters. The number of rotatable bonds is 7. The summed E-state index contributed by atoms with van der Waals surface area (Å²) in [4.78, 5) is 23.9. The van der Waals surface area contributed by atoms with Crippen LogP contribution < -0.4 is 10.6 Å². The van der Waals surface area contributed by atoms with E-state index in [2.05, 4.69) is 10.6 Å². The third-order valence-corrected chi connectivity index (χ3v) is 5.89. The van der Waals surface area contributed by atoms with Crippen molar-refractivity contribution >= 4 is 58.0 Å². The molecule has 0 aromatic heterocycles. The Labute approximate surface area is 213 Å². The number of carbonyl (C=O) groups excluding carboxylic acids is 1. The Morgan fingerprint density at radius 3 is 2.11 bits per heavy atom. The Hall–Kier alpha value is -3.14. The first kappa shape index (κ1) is 26.5. The number of alkyl halides is 3. The normalized spacial score (nSPS) is 12.0. The number of benzene rings is 3. The summed E-state index contributed by atoms with van der Waals surface area (Å²) in [5.74, 6) is -1.81. The van der Waals surface area contributed by atoms with Gasteiger partial charge in [0.25, 0.3) is 5.91 Å². The van der Waals surface area contributed by atoms with E-state index in [1.165, 1.54) is 30.3 Å². The summed E-state index contributed by atoms with van der Waals surface area (Å²) >= 11 is 17.2. The van der Waals surface area contributed by atoms with E-state index in [1.807, 2.05) is 0 Å². The van der Waals surface area contributed by atoms with Crippen molar-refractivity contribution in [1.82, 2.24) is 5.32 Å². The monoisotopic (exact) mass is 540 g/mol. The van der Waals surface area contributed by atoms with E-state index in [4.69, 9.17) is 35.4 Å². The van der Waals surface area contributed by atoms with Gasteiger partial charge in [-0.25, -0.2) is 4.79 Å². The lowest BCUT2D eigenvalue weighted by molar-refractivity contribution is -0.139. The number of amides is 1. The molecule has 0 aliphatic carbocycles. The van der Waals surface area contributed by atoms with Crippen molar-refractivity contribution < 1.29 is 27.9 Å². The van der Waals surface area contributed by atoms with Gasteiger partial charge in [0.2, 0.25) is 0 Å². The topological polar surface area (TPSA) is 78.4 Å². The summed E-state index contributed by atoms with van der Waals surface area (Å²) < 4.78 is 39.9. The third-order valence-electron chi connectivity index (χ3n) is 4.92. The van der Waals surface area contributed by atoms with Crippen molar-refractivity contribution in [2.75, 3.05) is 5.32 Å². The second-order valence-electron chi connectivity index (χ2n) is 7.36. The van der Waals surface area contributed by atoms with Gasteiger partial charge in [-0.2, -0.15) is 13.2 Å². The van der Waals surface area contributed by atoms with Gasteiger partial charge in [-0.3, -0.25) is 4.79 Å². The van der Waals surface area contributed by atoms with E-state index in [1.54, 1.807) is 30.3 Å². The van der Waals surface area contributed by atoms with Crippen LogP contribution in [0, 0.1) is 0 Å². The Morgan fingerprint density at radius 2 is 1.54 bits per heavy atom. The number of nitrogens with one attached hydrogen (secondary N) is 2. The quantitative estimate of drug-likeness (QED) is 0.310. The number of thiocarbonyl (C=S) groups is 1. The maximum Gasteiger partial charge on any atom is 0.417 e. The smallest absolute Gasteiger partial charge is 0.417 e. The zero-order valence-electron chi connectivity index (χ0n) is 17.7. The van der Waals surface area contributed by atoms with Gasteiger partial charge in [0.15, 0.2) is 0 Å². The van der Waals surface area contributed by atoms with E-state index in [9.17, 15) is 27.9 Å². The van der Waals surface area contributed by atoms with Crippen molar-refractivity contribution in [2.45, 2.75) is 18.6 Å². The maximum atomic E-state index is 13.3.